The van der Waals surface area contributed by atoms with Gasteiger partial charge >= 0.3 is 6.61 Å². The number of aromatic nitrogens is 2. The fourth-order valence-electron chi connectivity index (χ4n) is 2.86. The summed E-state index contributed by atoms with van der Waals surface area (Å²) >= 11 is 0. The molecule has 7 nitrogen and oxygen atoms in total. The van der Waals surface area contributed by atoms with Crippen molar-refractivity contribution in [3.05, 3.63) is 41.2 Å². The molecular weight excluding hydrogens is 380 g/mol. The third-order valence-corrected chi connectivity index (χ3v) is 4.18. The molecule has 1 aromatic heterocycles. The van der Waals surface area contributed by atoms with Crippen LogP contribution in [0.3, 0.4) is 0 Å². The molecular formula is C20H29F2N5O2. The van der Waals surface area contributed by atoms with Gasteiger partial charge in [-0.05, 0) is 51.5 Å². The molecule has 0 aliphatic rings. The second kappa shape index (κ2) is 11.2. The maximum Gasteiger partial charge on any atom is 0.387 e. The highest BCUT2D eigenvalue weighted by atomic mass is 19.3. The smallest absolute Gasteiger partial charge is 0.387 e. The predicted molar refractivity (Wildman–Crippen MR) is 109 cm³/mol. The van der Waals surface area contributed by atoms with Crippen LogP contribution in [0.1, 0.15) is 30.3 Å². The van der Waals surface area contributed by atoms with Crippen LogP contribution in [-0.4, -0.2) is 42.6 Å². The zero-order valence-electron chi connectivity index (χ0n) is 17.3. The molecule has 160 valence electrons. The quantitative estimate of drug-likeness (QED) is 0.358. The van der Waals surface area contributed by atoms with Crippen molar-refractivity contribution in [2.45, 2.75) is 46.9 Å². The number of aryl methyl sites for hydroxylation is 3. The number of alkyl halides is 2. The molecule has 0 radical (unpaired) electrons. The van der Waals surface area contributed by atoms with Crippen LogP contribution in [0.25, 0.3) is 0 Å². The molecule has 0 amide bonds. The second-order valence-electron chi connectivity index (χ2n) is 6.48. The Morgan fingerprint density at radius 2 is 2.03 bits per heavy atom. The Labute approximate surface area is 170 Å². The van der Waals surface area contributed by atoms with E-state index in [1.807, 2.05) is 31.5 Å². The normalized spacial score (nSPS) is 11.6. The van der Waals surface area contributed by atoms with Gasteiger partial charge in [0.15, 0.2) is 5.96 Å². The average molecular weight is 409 g/mol. The minimum absolute atomic E-state index is 0.0879. The third-order valence-electron chi connectivity index (χ3n) is 4.18. The summed E-state index contributed by atoms with van der Waals surface area (Å²) in [6, 6.07) is 6.73. The summed E-state index contributed by atoms with van der Waals surface area (Å²) in [6.07, 6.45) is 0.866. The number of hydrogen-bond donors (Lipinski definition) is 2. The number of benzene rings is 1. The van der Waals surface area contributed by atoms with Gasteiger partial charge < -0.3 is 20.1 Å². The molecule has 0 atom stereocenters. The van der Waals surface area contributed by atoms with E-state index in [4.69, 9.17) is 4.74 Å². The average Bonchev–Trinajstić information content (AvgIpc) is 3.00. The Balaban J connectivity index is 1.98. The van der Waals surface area contributed by atoms with Crippen molar-refractivity contribution in [1.82, 2.24) is 20.4 Å². The van der Waals surface area contributed by atoms with Crippen LogP contribution in [0, 0.1) is 13.8 Å². The lowest BCUT2D eigenvalue weighted by molar-refractivity contribution is -0.0504. The molecule has 1 heterocycles. The van der Waals surface area contributed by atoms with Crippen LogP contribution in [0.4, 0.5) is 8.78 Å². The molecule has 0 fully saturated rings. The Morgan fingerprint density at radius 1 is 1.24 bits per heavy atom. The maximum atomic E-state index is 12.7. The van der Waals surface area contributed by atoms with E-state index in [2.05, 4.69) is 25.5 Å². The van der Waals surface area contributed by atoms with Crippen LogP contribution < -0.4 is 20.1 Å². The van der Waals surface area contributed by atoms with Gasteiger partial charge in [0, 0.05) is 30.9 Å². The number of rotatable bonds is 10. The monoisotopic (exact) mass is 409 g/mol. The van der Waals surface area contributed by atoms with Crippen molar-refractivity contribution in [2.24, 2.45) is 4.99 Å². The number of aliphatic imine (C=N–C) groups is 1. The number of hydrogen-bond acceptors (Lipinski definition) is 4. The molecule has 2 rings (SSSR count). The Hall–Kier alpha value is -2.84. The van der Waals surface area contributed by atoms with Crippen LogP contribution >= 0.6 is 0 Å². The van der Waals surface area contributed by atoms with E-state index in [0.29, 0.717) is 30.4 Å². The summed E-state index contributed by atoms with van der Waals surface area (Å²) in [4.78, 5) is 4.48. The molecule has 0 unspecified atom stereocenters. The van der Waals surface area contributed by atoms with Gasteiger partial charge in [0.1, 0.15) is 11.5 Å². The van der Waals surface area contributed by atoms with Crippen LogP contribution in [0.2, 0.25) is 0 Å². The summed E-state index contributed by atoms with van der Waals surface area (Å²) in [6.45, 7) is 5.43. The van der Waals surface area contributed by atoms with Gasteiger partial charge in [-0.15, -0.1) is 0 Å². The predicted octanol–water partition coefficient (Wildman–Crippen LogP) is 3.26. The van der Waals surface area contributed by atoms with Crippen molar-refractivity contribution < 1.29 is 18.3 Å². The van der Waals surface area contributed by atoms with E-state index in [1.165, 1.54) is 13.2 Å². The fraction of sp³-hybridized carbons (Fsp3) is 0.500. The largest absolute Gasteiger partial charge is 0.497 e. The van der Waals surface area contributed by atoms with E-state index in [-0.39, 0.29) is 12.3 Å². The first-order valence-electron chi connectivity index (χ1n) is 9.58. The Morgan fingerprint density at radius 3 is 2.66 bits per heavy atom. The van der Waals surface area contributed by atoms with E-state index in [1.54, 1.807) is 12.1 Å². The van der Waals surface area contributed by atoms with Crippen molar-refractivity contribution in [1.29, 1.82) is 0 Å². The Kier molecular flexibility index (Phi) is 8.69. The number of guanidine groups is 1. The second-order valence-corrected chi connectivity index (χ2v) is 6.48. The number of nitrogens with one attached hydrogen (secondary N) is 2. The zero-order valence-corrected chi connectivity index (χ0v) is 17.3. The lowest BCUT2D eigenvalue weighted by Crippen LogP contribution is -2.38. The zero-order chi connectivity index (χ0) is 21.2. The molecule has 0 saturated heterocycles. The summed E-state index contributed by atoms with van der Waals surface area (Å²) in [5.74, 6) is 1.25. The lowest BCUT2D eigenvalue weighted by Gasteiger charge is -2.14. The Bertz CT molecular complexity index is 808. The molecule has 0 saturated carbocycles. The summed E-state index contributed by atoms with van der Waals surface area (Å²) < 4.78 is 37.1. The minimum atomic E-state index is -2.90. The van der Waals surface area contributed by atoms with Crippen molar-refractivity contribution in [3.63, 3.8) is 0 Å². The van der Waals surface area contributed by atoms with Gasteiger partial charge in [-0.3, -0.25) is 4.68 Å². The first kappa shape index (κ1) is 22.4. The lowest BCUT2D eigenvalue weighted by atomic mass is 10.2. The molecule has 9 heteroatoms. The van der Waals surface area contributed by atoms with Gasteiger partial charge in [-0.2, -0.15) is 13.9 Å². The number of methoxy groups -OCH3 is 1. The fourth-order valence-corrected chi connectivity index (χ4v) is 2.86. The van der Waals surface area contributed by atoms with Gasteiger partial charge in [0.05, 0.1) is 19.3 Å². The highest BCUT2D eigenvalue weighted by Crippen LogP contribution is 2.26. The van der Waals surface area contributed by atoms with E-state index < -0.39 is 6.61 Å². The van der Waals surface area contributed by atoms with Crippen LogP contribution in [-0.2, 0) is 13.1 Å². The van der Waals surface area contributed by atoms with Crippen LogP contribution in [0.15, 0.2) is 29.3 Å². The van der Waals surface area contributed by atoms with Crippen LogP contribution in [0.5, 0.6) is 11.5 Å². The van der Waals surface area contributed by atoms with Gasteiger partial charge in [-0.25, -0.2) is 4.99 Å². The topological polar surface area (TPSA) is 72.7 Å². The van der Waals surface area contributed by atoms with Crippen molar-refractivity contribution in [3.8, 4) is 11.5 Å². The molecule has 1 aromatic carbocycles. The third kappa shape index (κ3) is 7.24. The number of halogens is 2. The van der Waals surface area contributed by atoms with Crippen molar-refractivity contribution in [2.75, 3.05) is 20.2 Å². The van der Waals surface area contributed by atoms with E-state index >= 15 is 0 Å². The van der Waals surface area contributed by atoms with Gasteiger partial charge in [0.25, 0.3) is 0 Å². The van der Waals surface area contributed by atoms with Gasteiger partial charge in [-0.1, -0.05) is 0 Å². The molecule has 29 heavy (non-hydrogen) atoms. The summed E-state index contributed by atoms with van der Waals surface area (Å²) in [5.41, 5.74) is 2.66. The molecule has 2 N–H and O–H groups in total. The van der Waals surface area contributed by atoms with E-state index in [0.717, 1.165) is 24.4 Å². The molecule has 0 aliphatic carbocycles. The first-order chi connectivity index (χ1) is 13.9. The summed E-state index contributed by atoms with van der Waals surface area (Å²) in [7, 11) is 1.52. The molecule has 0 bridgehead atoms. The number of ether oxygens (including phenoxy) is 2. The minimum Gasteiger partial charge on any atom is -0.497 e. The highest BCUT2D eigenvalue weighted by Gasteiger charge is 2.11. The van der Waals surface area contributed by atoms with Gasteiger partial charge in [0.2, 0.25) is 0 Å². The highest BCUT2D eigenvalue weighted by molar-refractivity contribution is 5.79. The van der Waals surface area contributed by atoms with Crippen molar-refractivity contribution >= 4 is 5.96 Å². The molecule has 2 aromatic rings. The molecule has 0 aliphatic heterocycles. The first-order valence-corrected chi connectivity index (χ1v) is 9.58. The molecule has 0 spiro atoms. The van der Waals surface area contributed by atoms with E-state index in [9.17, 15) is 8.78 Å². The maximum absolute atomic E-state index is 12.7. The summed E-state index contributed by atoms with van der Waals surface area (Å²) in [5, 5.41) is 10.9. The standard InChI is InChI=1S/C20H29F2N5O2/c1-5-23-20(24-9-6-10-27-15(3)11-14(2)26-27)25-13-16-12-17(28-4)7-8-18(16)29-19(21)22/h7-8,11-12,19H,5-6,9-10,13H2,1-4H3,(H2,23,24,25). The SMILES string of the molecule is CCNC(=NCc1cc(OC)ccc1OC(F)F)NCCCn1nc(C)cc1C. The number of nitrogens with zero attached hydrogens (tertiary/aromatic N) is 3.